The van der Waals surface area contributed by atoms with Gasteiger partial charge < -0.3 is 14.7 Å². The molecule has 0 saturated heterocycles. The van der Waals surface area contributed by atoms with Crippen molar-refractivity contribution in [3.63, 3.8) is 0 Å². The van der Waals surface area contributed by atoms with Crippen LogP contribution in [0.1, 0.15) is 36.0 Å². The minimum absolute atomic E-state index is 0.0216. The smallest absolute Gasteiger partial charge is 0.353 e. The highest BCUT2D eigenvalue weighted by Crippen LogP contribution is 2.57. The molecule has 2 aromatic carbocycles. The van der Waals surface area contributed by atoms with E-state index in [1.165, 1.54) is 54.7 Å². The van der Waals surface area contributed by atoms with Gasteiger partial charge in [0, 0.05) is 31.9 Å². The Kier molecular flexibility index (Phi) is 8.55. The first kappa shape index (κ1) is 31.3. The molecule has 2 heterocycles. The van der Waals surface area contributed by atoms with Gasteiger partial charge in [0.25, 0.3) is 5.89 Å². The van der Waals surface area contributed by atoms with E-state index in [-0.39, 0.29) is 32.1 Å². The molecule has 1 N–H and O–H groups in total. The van der Waals surface area contributed by atoms with Gasteiger partial charge >= 0.3 is 6.18 Å². The van der Waals surface area contributed by atoms with Crippen LogP contribution in [0.25, 0.3) is 10.8 Å². The Morgan fingerprint density at radius 3 is 2.30 bits per heavy atom. The van der Waals surface area contributed by atoms with Gasteiger partial charge in [0.1, 0.15) is 6.54 Å². The highest BCUT2D eigenvalue weighted by atomic mass is 35.5. The van der Waals surface area contributed by atoms with Crippen molar-refractivity contribution in [3.8, 4) is 10.8 Å². The second-order valence-electron chi connectivity index (χ2n) is 10.1. The lowest BCUT2D eigenvalue weighted by Gasteiger charge is -2.26. The summed E-state index contributed by atoms with van der Waals surface area (Å²) in [5.74, 6) is -0.0864. The molecule has 1 fully saturated rings. The van der Waals surface area contributed by atoms with Crippen molar-refractivity contribution < 1.29 is 30.9 Å². The Morgan fingerprint density at radius 1 is 1.12 bits per heavy atom. The number of nitrogens with one attached hydrogen (secondary N) is 1. The fraction of sp³-hybridized carbons (Fsp3) is 0.321. The maximum absolute atomic E-state index is 13.4. The number of hydrogen-bond donors (Lipinski definition) is 1. The van der Waals surface area contributed by atoms with Crippen molar-refractivity contribution in [3.05, 3.63) is 74.8 Å². The van der Waals surface area contributed by atoms with Crippen molar-refractivity contribution in [2.24, 2.45) is 0 Å². The predicted molar refractivity (Wildman–Crippen MR) is 160 cm³/mol. The largest absolute Gasteiger partial charge is 0.405 e. The first-order chi connectivity index (χ1) is 20.2. The number of alkyl halides is 3. The van der Waals surface area contributed by atoms with Crippen LogP contribution in [0.4, 0.5) is 24.5 Å². The number of aryl methyl sites for hydroxylation is 1. The molecule has 5 rings (SSSR count). The zero-order valence-corrected chi connectivity index (χ0v) is 26.0. The number of aromatic nitrogens is 2. The number of carbonyl (C=O) groups excluding carboxylic acids is 1. The van der Waals surface area contributed by atoms with Crippen LogP contribution in [0, 0.1) is 6.92 Å². The van der Waals surface area contributed by atoms with E-state index in [1.54, 1.807) is 0 Å². The third-order valence-electron chi connectivity index (χ3n) is 7.01. The second-order valence-corrected chi connectivity index (χ2v) is 14.5. The van der Waals surface area contributed by atoms with Crippen LogP contribution in [0.5, 0.6) is 0 Å². The number of carbonyl (C=O) groups is 1. The summed E-state index contributed by atoms with van der Waals surface area (Å²) in [6, 6.07) is 11.7. The van der Waals surface area contributed by atoms with Gasteiger partial charge in [0.15, 0.2) is 15.7 Å². The van der Waals surface area contributed by atoms with Crippen LogP contribution in [-0.4, -0.2) is 49.5 Å². The van der Waals surface area contributed by atoms with Crippen molar-refractivity contribution in [2.75, 3.05) is 29.1 Å². The number of nitrogens with zero attached hydrogens (tertiary/aromatic N) is 3. The summed E-state index contributed by atoms with van der Waals surface area (Å²) >= 11 is 14.8. The Bertz CT molecular complexity index is 1750. The molecule has 0 aliphatic heterocycles. The molecule has 8 nitrogen and oxygen atoms in total. The molecule has 15 heteroatoms. The molecule has 0 atom stereocenters. The summed E-state index contributed by atoms with van der Waals surface area (Å²) in [5.41, 5.74) is 0.135. The number of sulfone groups is 1. The summed E-state index contributed by atoms with van der Waals surface area (Å²) in [6.45, 7) is 1.34. The van der Waals surface area contributed by atoms with E-state index in [4.69, 9.17) is 27.7 Å². The van der Waals surface area contributed by atoms with E-state index < -0.39 is 40.4 Å². The van der Waals surface area contributed by atoms with E-state index >= 15 is 0 Å². The summed E-state index contributed by atoms with van der Waals surface area (Å²) in [5, 5.41) is 7.21. The van der Waals surface area contributed by atoms with Crippen LogP contribution in [-0.2, 0) is 20.0 Å². The Labute approximate surface area is 259 Å². The van der Waals surface area contributed by atoms with Crippen LogP contribution in [0.15, 0.2) is 57.9 Å². The fourth-order valence-electron chi connectivity index (χ4n) is 4.74. The number of thiophene rings is 1. The monoisotopic (exact) mass is 672 g/mol. The zero-order chi connectivity index (χ0) is 31.2. The molecule has 4 aromatic rings. The van der Waals surface area contributed by atoms with Gasteiger partial charge in [0.2, 0.25) is 5.91 Å². The van der Waals surface area contributed by atoms with Gasteiger partial charge in [-0.2, -0.15) is 18.2 Å². The average Bonchev–Trinajstić information content (AvgIpc) is 3.33. The van der Waals surface area contributed by atoms with Crippen molar-refractivity contribution >= 4 is 61.7 Å². The van der Waals surface area contributed by atoms with Gasteiger partial charge in [-0.1, -0.05) is 35.3 Å². The first-order valence-electron chi connectivity index (χ1n) is 13.1. The van der Waals surface area contributed by atoms with E-state index in [9.17, 15) is 26.4 Å². The van der Waals surface area contributed by atoms with Gasteiger partial charge in [0.05, 0.1) is 27.5 Å². The van der Waals surface area contributed by atoms with Crippen molar-refractivity contribution in [1.29, 1.82) is 0 Å². The summed E-state index contributed by atoms with van der Waals surface area (Å²) in [6.07, 6.45) is -3.28. The molecule has 0 bridgehead atoms. The third kappa shape index (κ3) is 6.84. The van der Waals surface area contributed by atoms with Crippen molar-refractivity contribution in [2.45, 2.75) is 43.2 Å². The molecular weight excluding hydrogens is 648 g/mol. The molecule has 0 unspecified atom stereocenters. The highest BCUT2D eigenvalue weighted by molar-refractivity contribution is 7.91. The lowest BCUT2D eigenvalue weighted by Crippen LogP contribution is -2.39. The standard InChI is InChI=1S/C28H25Cl2F3N4O4S2/c1-3-43(39,40)19-7-5-18(6-8-19)37(15-28(31,32)33)14-23(38)34-17-12-20(29)24(21(30)13-17)27(10-11-27)26-35-25(41-36-26)22-9-4-16(2)42-22/h4-9,12-13H,3,10-11,14-15H2,1-2H3,(H,34,38). The van der Waals surface area contributed by atoms with Crippen LogP contribution in [0.2, 0.25) is 10.0 Å². The topological polar surface area (TPSA) is 105 Å². The van der Waals surface area contributed by atoms with Crippen molar-refractivity contribution in [1.82, 2.24) is 10.1 Å². The predicted octanol–water partition coefficient (Wildman–Crippen LogP) is 7.29. The highest BCUT2D eigenvalue weighted by Gasteiger charge is 2.52. The van der Waals surface area contributed by atoms with Gasteiger partial charge in [-0.15, -0.1) is 11.3 Å². The van der Waals surface area contributed by atoms with E-state index in [0.717, 1.165) is 14.7 Å². The Balaban J connectivity index is 1.34. The first-order valence-corrected chi connectivity index (χ1v) is 16.3. The van der Waals surface area contributed by atoms with Crippen LogP contribution >= 0.6 is 34.5 Å². The Hall–Kier alpha value is -3.13. The minimum atomic E-state index is -4.63. The summed E-state index contributed by atoms with van der Waals surface area (Å²) < 4.78 is 69.8. The van der Waals surface area contributed by atoms with E-state index in [2.05, 4.69) is 15.5 Å². The molecule has 1 aliphatic carbocycles. The number of amides is 1. The molecule has 228 valence electrons. The Morgan fingerprint density at radius 2 is 1.77 bits per heavy atom. The normalized spacial score (nSPS) is 14.5. The summed E-state index contributed by atoms with van der Waals surface area (Å²) in [4.78, 5) is 20.2. The molecule has 1 aliphatic rings. The number of anilines is 2. The molecule has 1 amide bonds. The van der Waals surface area contributed by atoms with Crippen LogP contribution in [0.3, 0.4) is 0 Å². The molecule has 2 aromatic heterocycles. The quantitative estimate of drug-likeness (QED) is 0.189. The van der Waals surface area contributed by atoms with Gasteiger partial charge in [-0.05, 0) is 68.3 Å². The zero-order valence-electron chi connectivity index (χ0n) is 22.8. The number of halogens is 5. The average molecular weight is 674 g/mol. The van der Waals surface area contributed by atoms with E-state index in [0.29, 0.717) is 30.1 Å². The maximum Gasteiger partial charge on any atom is 0.405 e. The SMILES string of the molecule is CCS(=O)(=O)c1ccc(N(CC(=O)Nc2cc(Cl)c(C3(c4noc(-c5ccc(C)s5)n4)CC3)c(Cl)c2)CC(F)(F)F)cc1. The molecule has 43 heavy (non-hydrogen) atoms. The lowest BCUT2D eigenvalue weighted by molar-refractivity contribution is -0.122. The number of rotatable bonds is 10. The molecule has 0 radical (unpaired) electrons. The van der Waals surface area contributed by atoms with Gasteiger partial charge in [-0.25, -0.2) is 8.42 Å². The summed E-state index contributed by atoms with van der Waals surface area (Å²) in [7, 11) is -3.54. The lowest BCUT2D eigenvalue weighted by atomic mass is 9.94. The number of benzene rings is 2. The third-order valence-corrected chi connectivity index (χ3v) is 10.3. The van der Waals surface area contributed by atoms with Crippen LogP contribution < -0.4 is 10.2 Å². The molecule has 1 saturated carbocycles. The van der Waals surface area contributed by atoms with Gasteiger partial charge in [-0.3, -0.25) is 4.79 Å². The number of hydrogen-bond acceptors (Lipinski definition) is 8. The molecule has 0 spiro atoms. The molecular formula is C28H25Cl2F3N4O4S2. The second kappa shape index (κ2) is 11.8. The maximum atomic E-state index is 13.4. The van der Waals surface area contributed by atoms with E-state index in [1.807, 2.05) is 19.1 Å². The fourth-order valence-corrected chi connectivity index (χ4v) is 7.26. The minimum Gasteiger partial charge on any atom is -0.353 e.